The molecule has 21 nitrogen and oxygen atoms in total. The summed E-state index contributed by atoms with van der Waals surface area (Å²) < 4.78 is 34.5. The Hall–Kier alpha value is -6.50. The number of oxime groups is 2. The van der Waals surface area contributed by atoms with Gasteiger partial charge >= 0.3 is 7.60 Å². The van der Waals surface area contributed by atoms with Crippen molar-refractivity contribution in [3.63, 3.8) is 0 Å². The number of rotatable bonds is 20. The Morgan fingerprint density at radius 3 is 1.71 bits per heavy atom. The highest BCUT2D eigenvalue weighted by Crippen LogP contribution is 2.37. The number of aryl methyl sites for hydroxylation is 2. The lowest BCUT2D eigenvalue weighted by Crippen LogP contribution is -2.41. The van der Waals surface area contributed by atoms with Gasteiger partial charge in [0.2, 0.25) is 5.91 Å². The second kappa shape index (κ2) is 25.7. The Morgan fingerprint density at radius 1 is 0.710 bits per heavy atom. The van der Waals surface area contributed by atoms with E-state index in [1.54, 1.807) is 73.1 Å². The van der Waals surface area contributed by atoms with Gasteiger partial charge in [0, 0.05) is 85.3 Å². The second-order valence-electron chi connectivity index (χ2n) is 16.6. The van der Waals surface area contributed by atoms with Gasteiger partial charge in [0.05, 0.1) is 19.3 Å². The third-order valence-corrected chi connectivity index (χ3v) is 13.3. The fourth-order valence-electron chi connectivity index (χ4n) is 7.55. The molecule has 69 heavy (non-hydrogen) atoms. The van der Waals surface area contributed by atoms with Gasteiger partial charge in [-0.15, -0.1) is 0 Å². The largest absolute Gasteiger partial charge is 0.491 e. The van der Waals surface area contributed by atoms with Crippen LogP contribution in [0.4, 0.5) is 5.69 Å². The number of amidine groups is 2. The molecule has 3 heterocycles. The summed E-state index contributed by atoms with van der Waals surface area (Å²) in [6.07, 6.45) is 7.21. The molecule has 6 rings (SSSR count). The fourth-order valence-corrected chi connectivity index (χ4v) is 8.74. The molecule has 11 N–H and O–H groups in total. The minimum Gasteiger partial charge on any atom is -0.491 e. The maximum atomic E-state index is 12.6. The van der Waals surface area contributed by atoms with Crippen molar-refractivity contribution in [1.82, 2.24) is 20.5 Å². The third kappa shape index (κ3) is 17.2. The van der Waals surface area contributed by atoms with Crippen LogP contribution in [-0.4, -0.2) is 136 Å². The van der Waals surface area contributed by atoms with Crippen molar-refractivity contribution in [2.45, 2.75) is 38.5 Å². The summed E-state index contributed by atoms with van der Waals surface area (Å²) in [5.74, 6) is 0.160. The summed E-state index contributed by atoms with van der Waals surface area (Å²) in [5, 5.41) is 29.4. The monoisotopic (exact) mass is 993 g/mol. The Labute approximate surface area is 400 Å². The van der Waals surface area contributed by atoms with Crippen LogP contribution in [0.5, 0.6) is 11.5 Å². The van der Waals surface area contributed by atoms with Gasteiger partial charge in [-0.3, -0.25) is 28.5 Å². The molecule has 1 unspecified atom stereocenters. The molecular weight excluding hydrogens is 933 g/mol. The summed E-state index contributed by atoms with van der Waals surface area (Å²) >= 11 is 0. The maximum Gasteiger partial charge on any atom is 0.325 e. The number of benzene rings is 3. The summed E-state index contributed by atoms with van der Waals surface area (Å²) in [7, 11) is -7.39. The van der Waals surface area contributed by atoms with Crippen LogP contribution in [0, 0.1) is 5.92 Å². The van der Waals surface area contributed by atoms with Crippen LogP contribution in [0.25, 0.3) is 0 Å². The van der Waals surface area contributed by atoms with E-state index < -0.39 is 15.0 Å². The third-order valence-electron chi connectivity index (χ3n) is 11.4. The van der Waals surface area contributed by atoms with E-state index in [2.05, 4.69) is 30.8 Å². The minimum absolute atomic E-state index is 0.0200. The van der Waals surface area contributed by atoms with Gasteiger partial charge in [-0.05, 0) is 98.2 Å². The number of nitrogens with two attached hydrogens (primary N) is 2. The number of nitrogens with zero attached hydrogens (tertiary/aromatic N) is 5. The Balaban J connectivity index is 0.000000258. The van der Waals surface area contributed by atoms with Crippen LogP contribution in [0.1, 0.15) is 68.7 Å². The first-order valence-electron chi connectivity index (χ1n) is 22.4. The van der Waals surface area contributed by atoms with Crippen LogP contribution in [0.3, 0.4) is 0 Å². The normalized spacial score (nSPS) is 15.4. The van der Waals surface area contributed by atoms with Crippen molar-refractivity contribution in [3.05, 3.63) is 119 Å². The van der Waals surface area contributed by atoms with Crippen molar-refractivity contribution in [2.75, 3.05) is 76.4 Å². The summed E-state index contributed by atoms with van der Waals surface area (Å²) in [6, 6.07) is 20.1. The van der Waals surface area contributed by atoms with Gasteiger partial charge in [-0.1, -0.05) is 34.6 Å². The number of hydrogen-bond acceptors (Lipinski definition) is 13. The zero-order valence-electron chi connectivity index (χ0n) is 38.4. The number of anilines is 1. The number of likely N-dealkylation sites (tertiary alicyclic amines) is 1. The standard InChI is InChI=1S/C24H31N4O6P.C22H30N5O6P/c1-35(32,33)15-10-17-4-9-20(22(25)27-31)16-21(17)34-14-11-26-23(29)18-5-7-19(8-6-18)24(30)28-12-2-3-13-28;23-21(26-29)18-2-1-16(7-14-34(30,31)32)20(15-18)33-13-10-25-22(28)17-5-11-27(12-6-17)19-3-8-24-9-4-19/h4-9,16,31H,2-3,10-15H2,1H3,(H2,25,27)(H,26,29)(H,32,33);1-4,8-9,15,17,29H,5-7,10-14H2,(H2,23,26)(H,25,28)(H2,30,31,32). The quantitative estimate of drug-likeness (QED) is 0.0153. The Bertz CT molecular complexity index is 2510. The topological polar surface area (TPSA) is 325 Å². The zero-order chi connectivity index (χ0) is 50.0. The molecule has 0 saturated carbocycles. The van der Waals surface area contributed by atoms with E-state index in [9.17, 15) is 38.2 Å². The van der Waals surface area contributed by atoms with E-state index in [1.807, 2.05) is 17.0 Å². The average Bonchev–Trinajstić information content (AvgIpc) is 3.90. The minimum atomic E-state index is -4.18. The second-order valence-corrected chi connectivity index (χ2v) is 20.9. The first-order chi connectivity index (χ1) is 32.9. The zero-order valence-corrected chi connectivity index (χ0v) is 40.1. The highest BCUT2D eigenvalue weighted by atomic mass is 31.2. The molecule has 23 heteroatoms. The molecule has 2 saturated heterocycles. The molecule has 4 aromatic rings. The van der Waals surface area contributed by atoms with Gasteiger partial charge in [0.25, 0.3) is 11.8 Å². The van der Waals surface area contributed by atoms with Gasteiger partial charge in [-0.25, -0.2) is 0 Å². The number of carbonyl (C=O) groups is 3. The van der Waals surface area contributed by atoms with E-state index in [0.717, 1.165) is 57.5 Å². The van der Waals surface area contributed by atoms with Crippen molar-refractivity contribution >= 4 is 50.0 Å². The molecule has 372 valence electrons. The highest BCUT2D eigenvalue weighted by Gasteiger charge is 2.25. The molecule has 2 aliphatic heterocycles. The van der Waals surface area contributed by atoms with Gasteiger partial charge in [0.15, 0.2) is 19.0 Å². The highest BCUT2D eigenvalue weighted by molar-refractivity contribution is 7.57. The summed E-state index contributed by atoms with van der Waals surface area (Å²) in [4.78, 5) is 73.5. The van der Waals surface area contributed by atoms with Crippen LogP contribution >= 0.6 is 15.0 Å². The van der Waals surface area contributed by atoms with Crippen LogP contribution < -0.4 is 36.5 Å². The lowest BCUT2D eigenvalue weighted by Gasteiger charge is -2.32. The molecule has 2 aliphatic rings. The van der Waals surface area contributed by atoms with E-state index >= 15 is 0 Å². The van der Waals surface area contributed by atoms with E-state index in [0.29, 0.717) is 51.3 Å². The number of hydrogen-bond donors (Lipinski definition) is 9. The number of carbonyl (C=O) groups excluding carboxylic acids is 3. The van der Waals surface area contributed by atoms with Crippen LogP contribution in [0.15, 0.2) is 95.5 Å². The van der Waals surface area contributed by atoms with Crippen molar-refractivity contribution in [1.29, 1.82) is 0 Å². The molecule has 3 amide bonds. The lowest BCUT2D eigenvalue weighted by atomic mass is 9.95. The van der Waals surface area contributed by atoms with Gasteiger partial charge < -0.3 is 66.5 Å². The lowest BCUT2D eigenvalue weighted by molar-refractivity contribution is -0.125. The fraction of sp³-hybridized carbons (Fsp3) is 0.391. The number of amides is 3. The average molecular weight is 994 g/mol. The number of ether oxygens (including phenoxy) is 2. The van der Waals surface area contributed by atoms with Gasteiger partial charge in [-0.2, -0.15) is 0 Å². The molecule has 3 aromatic carbocycles. The van der Waals surface area contributed by atoms with Gasteiger partial charge in [0.1, 0.15) is 24.7 Å². The maximum absolute atomic E-state index is 12.6. The smallest absolute Gasteiger partial charge is 0.325 e. The van der Waals surface area contributed by atoms with Crippen LogP contribution in [-0.2, 0) is 26.8 Å². The van der Waals surface area contributed by atoms with Crippen molar-refractivity contribution < 1.29 is 58.1 Å². The molecule has 1 aromatic heterocycles. The molecular formula is C46H61N9O12P2. The molecule has 2 fully saturated rings. The SMILES string of the molecule is CP(=O)(O)CCc1ccc(/C(N)=N\O)cc1OCCNC(=O)c1ccc(C(=O)N2CCCC2)cc1.N/C(=N/O)c1ccc(CCP(=O)(O)O)c(OCCNC(=O)C2CCN(c3ccncc3)CC2)c1. The van der Waals surface area contributed by atoms with E-state index in [-0.39, 0.29) is 80.4 Å². The number of nitrogens with one attached hydrogen (secondary N) is 2. The predicted molar refractivity (Wildman–Crippen MR) is 260 cm³/mol. The van der Waals surface area contributed by atoms with E-state index in [4.69, 9.17) is 31.4 Å². The number of piperidine rings is 1. The van der Waals surface area contributed by atoms with E-state index in [1.165, 1.54) is 6.66 Å². The molecule has 0 radical (unpaired) electrons. The van der Waals surface area contributed by atoms with Crippen molar-refractivity contribution in [2.24, 2.45) is 27.7 Å². The number of aromatic nitrogens is 1. The first-order valence-corrected chi connectivity index (χ1v) is 26.4. The molecule has 0 aliphatic carbocycles. The Kier molecular flexibility index (Phi) is 19.9. The molecule has 1 atom stereocenters. The molecule has 0 bridgehead atoms. The molecule has 0 spiro atoms. The Morgan fingerprint density at radius 2 is 1.20 bits per heavy atom. The van der Waals surface area contributed by atoms with Crippen molar-refractivity contribution in [3.8, 4) is 11.5 Å². The van der Waals surface area contributed by atoms with Crippen LogP contribution in [0.2, 0.25) is 0 Å². The summed E-state index contributed by atoms with van der Waals surface area (Å²) in [6.45, 7) is 5.18. The number of pyridine rings is 1. The summed E-state index contributed by atoms with van der Waals surface area (Å²) in [5.41, 5.74) is 15.5. The first kappa shape index (κ1) is 53.5. The predicted octanol–water partition coefficient (Wildman–Crippen LogP) is 3.58.